The standard InChI is InChI=1S/C15H11FN2O2S/c16-10-4-3-5-11(8-10)18-13-7-2-1-6-12(13)17-15(18)21-9-14(19)20/h1-8H,9H2,(H,19,20). The van der Waals surface area contributed by atoms with E-state index in [1.165, 1.54) is 12.1 Å². The van der Waals surface area contributed by atoms with Crippen LogP contribution in [0.2, 0.25) is 0 Å². The highest BCUT2D eigenvalue weighted by Crippen LogP contribution is 2.28. The number of aromatic nitrogens is 2. The first-order valence-corrected chi connectivity index (χ1v) is 7.22. The van der Waals surface area contributed by atoms with Crippen LogP contribution >= 0.6 is 11.8 Å². The largest absolute Gasteiger partial charge is 0.481 e. The number of carbonyl (C=O) groups is 1. The average Bonchev–Trinajstić information content (AvgIpc) is 2.83. The van der Waals surface area contributed by atoms with Gasteiger partial charge in [-0.3, -0.25) is 9.36 Å². The molecule has 0 aliphatic heterocycles. The minimum atomic E-state index is -0.919. The van der Waals surface area contributed by atoms with Crippen molar-refractivity contribution in [1.82, 2.24) is 9.55 Å². The number of thioether (sulfide) groups is 1. The summed E-state index contributed by atoms with van der Waals surface area (Å²) in [4.78, 5) is 15.2. The molecule has 6 heteroatoms. The zero-order valence-corrected chi connectivity index (χ0v) is 11.7. The summed E-state index contributed by atoms with van der Waals surface area (Å²) in [6.45, 7) is 0. The number of nitrogens with zero attached hydrogens (tertiary/aromatic N) is 2. The maximum atomic E-state index is 13.5. The zero-order valence-electron chi connectivity index (χ0n) is 10.9. The van der Waals surface area contributed by atoms with Crippen LogP contribution in [0.1, 0.15) is 0 Å². The highest BCUT2D eigenvalue weighted by molar-refractivity contribution is 7.99. The van der Waals surface area contributed by atoms with Crippen molar-refractivity contribution in [2.75, 3.05) is 5.75 Å². The van der Waals surface area contributed by atoms with E-state index in [9.17, 15) is 9.18 Å². The van der Waals surface area contributed by atoms with Crippen LogP contribution < -0.4 is 0 Å². The maximum Gasteiger partial charge on any atom is 0.313 e. The Morgan fingerprint density at radius 1 is 1.24 bits per heavy atom. The second-order valence-corrected chi connectivity index (χ2v) is 5.32. The van der Waals surface area contributed by atoms with Gasteiger partial charge in [0.05, 0.1) is 22.5 Å². The number of benzene rings is 2. The molecular formula is C15H11FN2O2S. The lowest BCUT2D eigenvalue weighted by atomic mass is 10.3. The predicted octanol–water partition coefficient (Wildman–Crippen LogP) is 3.34. The second kappa shape index (κ2) is 5.57. The van der Waals surface area contributed by atoms with Gasteiger partial charge in [-0.2, -0.15) is 0 Å². The van der Waals surface area contributed by atoms with Crippen molar-refractivity contribution in [3.8, 4) is 5.69 Å². The number of para-hydroxylation sites is 2. The zero-order chi connectivity index (χ0) is 14.8. The summed E-state index contributed by atoms with van der Waals surface area (Å²) in [5.74, 6) is -1.36. The van der Waals surface area contributed by atoms with E-state index in [4.69, 9.17) is 5.11 Å². The van der Waals surface area contributed by atoms with Crippen LogP contribution in [-0.4, -0.2) is 26.4 Å². The monoisotopic (exact) mass is 302 g/mol. The Labute approximate surface area is 124 Å². The van der Waals surface area contributed by atoms with E-state index in [0.717, 1.165) is 22.8 Å². The van der Waals surface area contributed by atoms with E-state index in [1.807, 2.05) is 24.3 Å². The number of halogens is 1. The lowest BCUT2D eigenvalue weighted by Gasteiger charge is -2.08. The van der Waals surface area contributed by atoms with Crippen LogP contribution in [0.3, 0.4) is 0 Å². The first-order valence-electron chi connectivity index (χ1n) is 6.23. The van der Waals surface area contributed by atoms with Crippen LogP contribution in [-0.2, 0) is 4.79 Å². The topological polar surface area (TPSA) is 55.1 Å². The van der Waals surface area contributed by atoms with Crippen molar-refractivity contribution in [1.29, 1.82) is 0 Å². The van der Waals surface area contributed by atoms with E-state index in [-0.39, 0.29) is 11.6 Å². The Balaban J connectivity index is 2.17. The fourth-order valence-corrected chi connectivity index (χ4v) is 2.84. The third-order valence-electron chi connectivity index (χ3n) is 2.92. The summed E-state index contributed by atoms with van der Waals surface area (Å²) in [6, 6.07) is 13.6. The highest BCUT2D eigenvalue weighted by atomic mass is 32.2. The van der Waals surface area contributed by atoms with Crippen LogP contribution in [0.4, 0.5) is 4.39 Å². The number of hydrogen-bond donors (Lipinski definition) is 1. The number of carboxylic acid groups (broad SMARTS) is 1. The van der Waals surface area contributed by atoms with Crippen LogP contribution in [0.25, 0.3) is 16.7 Å². The predicted molar refractivity (Wildman–Crippen MR) is 79.4 cm³/mol. The summed E-state index contributed by atoms with van der Waals surface area (Å²) in [6.07, 6.45) is 0. The molecule has 0 atom stereocenters. The Morgan fingerprint density at radius 3 is 2.81 bits per heavy atom. The molecule has 3 rings (SSSR count). The van der Waals surface area contributed by atoms with Gasteiger partial charge in [-0.25, -0.2) is 9.37 Å². The molecule has 2 aromatic carbocycles. The van der Waals surface area contributed by atoms with Gasteiger partial charge in [0.1, 0.15) is 5.82 Å². The molecule has 0 saturated carbocycles. The van der Waals surface area contributed by atoms with Crippen LogP contribution in [0, 0.1) is 5.82 Å². The average molecular weight is 302 g/mol. The number of imidazole rings is 1. The smallest absolute Gasteiger partial charge is 0.313 e. The molecule has 106 valence electrons. The van der Waals surface area contributed by atoms with E-state index < -0.39 is 5.97 Å². The Morgan fingerprint density at radius 2 is 2.05 bits per heavy atom. The maximum absolute atomic E-state index is 13.5. The van der Waals surface area contributed by atoms with Crippen molar-refractivity contribution in [3.05, 3.63) is 54.3 Å². The molecule has 0 spiro atoms. The van der Waals surface area contributed by atoms with Gasteiger partial charge in [-0.1, -0.05) is 30.0 Å². The van der Waals surface area contributed by atoms with Gasteiger partial charge in [0.15, 0.2) is 5.16 Å². The molecule has 1 N–H and O–H groups in total. The molecule has 4 nitrogen and oxygen atoms in total. The molecule has 0 fully saturated rings. The van der Waals surface area contributed by atoms with Gasteiger partial charge >= 0.3 is 5.97 Å². The third kappa shape index (κ3) is 2.75. The first-order chi connectivity index (χ1) is 10.1. The van der Waals surface area contributed by atoms with Crippen LogP contribution in [0.15, 0.2) is 53.7 Å². The fraction of sp³-hybridized carbons (Fsp3) is 0.0667. The van der Waals surface area contributed by atoms with Crippen molar-refractivity contribution in [2.24, 2.45) is 0 Å². The minimum absolute atomic E-state index is 0.0986. The number of hydrogen-bond acceptors (Lipinski definition) is 3. The van der Waals surface area contributed by atoms with Gasteiger partial charge in [-0.15, -0.1) is 0 Å². The molecule has 0 saturated heterocycles. The molecule has 0 bridgehead atoms. The van der Waals surface area contributed by atoms with Crippen molar-refractivity contribution < 1.29 is 14.3 Å². The molecule has 21 heavy (non-hydrogen) atoms. The van der Waals surface area contributed by atoms with Crippen molar-refractivity contribution in [2.45, 2.75) is 5.16 Å². The molecule has 0 radical (unpaired) electrons. The molecular weight excluding hydrogens is 291 g/mol. The van der Waals surface area contributed by atoms with Crippen molar-refractivity contribution >= 4 is 28.8 Å². The Hall–Kier alpha value is -2.34. The highest BCUT2D eigenvalue weighted by Gasteiger charge is 2.14. The Bertz CT molecular complexity index is 816. The van der Waals surface area contributed by atoms with E-state index in [2.05, 4.69) is 4.98 Å². The Kier molecular flexibility index (Phi) is 3.62. The van der Waals surface area contributed by atoms with E-state index in [1.54, 1.807) is 16.7 Å². The number of rotatable bonds is 4. The number of fused-ring (bicyclic) bond motifs is 1. The quantitative estimate of drug-likeness (QED) is 0.751. The second-order valence-electron chi connectivity index (χ2n) is 4.38. The van der Waals surface area contributed by atoms with Crippen molar-refractivity contribution in [3.63, 3.8) is 0 Å². The lowest BCUT2D eigenvalue weighted by Crippen LogP contribution is -2.02. The van der Waals surface area contributed by atoms with Crippen LogP contribution in [0.5, 0.6) is 0 Å². The fourth-order valence-electron chi connectivity index (χ4n) is 2.09. The van der Waals surface area contributed by atoms with Gasteiger partial charge in [-0.05, 0) is 30.3 Å². The molecule has 0 unspecified atom stereocenters. The molecule has 0 aliphatic carbocycles. The number of aliphatic carboxylic acids is 1. The van der Waals surface area contributed by atoms with Gasteiger partial charge < -0.3 is 5.11 Å². The molecule has 0 amide bonds. The molecule has 3 aromatic rings. The summed E-state index contributed by atoms with van der Waals surface area (Å²) < 4.78 is 15.2. The summed E-state index contributed by atoms with van der Waals surface area (Å²) >= 11 is 1.11. The molecule has 1 aromatic heterocycles. The lowest BCUT2D eigenvalue weighted by molar-refractivity contribution is -0.133. The molecule has 0 aliphatic rings. The summed E-state index contributed by atoms with van der Waals surface area (Å²) in [7, 11) is 0. The van der Waals surface area contributed by atoms with E-state index >= 15 is 0 Å². The molecule has 1 heterocycles. The van der Waals surface area contributed by atoms with Gasteiger partial charge in [0.2, 0.25) is 0 Å². The SMILES string of the molecule is O=C(O)CSc1nc2ccccc2n1-c1cccc(F)c1. The third-order valence-corrected chi connectivity index (χ3v) is 3.84. The normalized spacial score (nSPS) is 10.9. The number of carboxylic acids is 1. The summed E-state index contributed by atoms with van der Waals surface area (Å²) in [5, 5.41) is 9.37. The van der Waals surface area contributed by atoms with E-state index in [0.29, 0.717) is 10.8 Å². The summed E-state index contributed by atoms with van der Waals surface area (Å²) in [5.41, 5.74) is 2.18. The first kappa shape index (κ1) is 13.6. The van der Waals surface area contributed by atoms with Gasteiger partial charge in [0, 0.05) is 0 Å². The van der Waals surface area contributed by atoms with Gasteiger partial charge in [0.25, 0.3) is 0 Å². The minimum Gasteiger partial charge on any atom is -0.481 e.